The fourth-order valence-electron chi connectivity index (χ4n) is 3.41. The molecule has 0 saturated carbocycles. The third-order valence-corrected chi connectivity index (χ3v) is 7.72. The first kappa shape index (κ1) is 24.4. The molecule has 0 amide bonds. The molecule has 0 aliphatic carbocycles. The molecular weight excluding hydrogens is 351 g/mol. The summed E-state index contributed by atoms with van der Waals surface area (Å²) in [6.07, 6.45) is 16.1. The number of hydrogen-bond donors (Lipinski definition) is 0. The average molecular weight is 395 g/mol. The summed E-state index contributed by atoms with van der Waals surface area (Å²) in [6, 6.07) is 8.44. The van der Waals surface area contributed by atoms with Crippen molar-refractivity contribution >= 4 is 7.37 Å². The Morgan fingerprint density at radius 1 is 0.741 bits per heavy atom. The van der Waals surface area contributed by atoms with Crippen LogP contribution in [0.5, 0.6) is 0 Å². The summed E-state index contributed by atoms with van der Waals surface area (Å²) < 4.78 is 19.5. The third kappa shape index (κ3) is 12.5. The molecule has 0 radical (unpaired) electrons. The van der Waals surface area contributed by atoms with Gasteiger partial charge in [-0.2, -0.15) is 0 Å². The Kier molecular flexibility index (Phi) is 13.9. The van der Waals surface area contributed by atoms with Crippen molar-refractivity contribution in [3.05, 3.63) is 35.4 Å². The lowest BCUT2D eigenvalue weighted by atomic mass is 10.1. The van der Waals surface area contributed by atoms with Crippen molar-refractivity contribution in [3.8, 4) is 0 Å². The molecule has 0 saturated heterocycles. The van der Waals surface area contributed by atoms with Crippen LogP contribution in [0.2, 0.25) is 0 Å². The predicted molar refractivity (Wildman–Crippen MR) is 120 cm³/mol. The maximum Gasteiger partial charge on any atom is 0.207 e. The Morgan fingerprint density at radius 2 is 1.26 bits per heavy atom. The van der Waals surface area contributed by atoms with E-state index in [1.165, 1.54) is 69.8 Å². The maximum absolute atomic E-state index is 13.5. The van der Waals surface area contributed by atoms with Crippen molar-refractivity contribution in [1.82, 2.24) is 0 Å². The lowest BCUT2D eigenvalue weighted by Crippen LogP contribution is -2.02. The molecule has 0 aromatic heterocycles. The van der Waals surface area contributed by atoms with Crippen molar-refractivity contribution in [1.29, 1.82) is 0 Å². The summed E-state index contributed by atoms with van der Waals surface area (Å²) in [7, 11) is -2.57. The second-order valence-electron chi connectivity index (χ2n) is 8.05. The van der Waals surface area contributed by atoms with E-state index >= 15 is 0 Å². The van der Waals surface area contributed by atoms with Crippen LogP contribution in [0.15, 0.2) is 24.3 Å². The van der Waals surface area contributed by atoms with E-state index in [0.29, 0.717) is 12.8 Å². The first-order valence-electron chi connectivity index (χ1n) is 11.4. The molecule has 1 rings (SSSR count). The van der Waals surface area contributed by atoms with E-state index in [9.17, 15) is 4.57 Å². The molecule has 1 atom stereocenters. The molecule has 1 aromatic carbocycles. The second kappa shape index (κ2) is 15.3. The zero-order valence-electron chi connectivity index (χ0n) is 18.2. The molecule has 0 aliphatic heterocycles. The zero-order valence-corrected chi connectivity index (χ0v) is 19.1. The van der Waals surface area contributed by atoms with Gasteiger partial charge in [-0.05, 0) is 25.3 Å². The van der Waals surface area contributed by atoms with Gasteiger partial charge in [0.25, 0.3) is 0 Å². The second-order valence-corrected chi connectivity index (χ2v) is 10.7. The van der Waals surface area contributed by atoms with Crippen LogP contribution in [-0.2, 0) is 15.3 Å². The van der Waals surface area contributed by atoms with Gasteiger partial charge in [-0.3, -0.25) is 4.57 Å². The van der Waals surface area contributed by atoms with E-state index in [4.69, 9.17) is 4.52 Å². The highest BCUT2D eigenvalue weighted by atomic mass is 31.2. The topological polar surface area (TPSA) is 26.3 Å². The number of rotatable bonds is 17. The van der Waals surface area contributed by atoms with E-state index in [1.54, 1.807) is 0 Å². The molecular formula is C24H43O2P. The number of benzene rings is 1. The fourth-order valence-corrected chi connectivity index (χ4v) is 5.72. The first-order valence-corrected chi connectivity index (χ1v) is 13.4. The van der Waals surface area contributed by atoms with Gasteiger partial charge in [0.2, 0.25) is 7.37 Å². The maximum atomic E-state index is 13.5. The molecule has 0 N–H and O–H groups in total. The smallest absolute Gasteiger partial charge is 0.207 e. The van der Waals surface area contributed by atoms with Crippen LogP contribution in [0.3, 0.4) is 0 Å². The first-order chi connectivity index (χ1) is 13.1. The monoisotopic (exact) mass is 394 g/mol. The molecule has 0 heterocycles. The van der Waals surface area contributed by atoms with E-state index in [0.717, 1.165) is 24.6 Å². The van der Waals surface area contributed by atoms with Crippen molar-refractivity contribution in [3.63, 3.8) is 0 Å². The summed E-state index contributed by atoms with van der Waals surface area (Å²) in [5, 5.41) is 0. The zero-order chi connectivity index (χ0) is 19.8. The van der Waals surface area contributed by atoms with Crippen LogP contribution >= 0.6 is 7.37 Å². The van der Waals surface area contributed by atoms with Crippen molar-refractivity contribution in [2.24, 2.45) is 0 Å². The highest BCUT2D eigenvalue weighted by Gasteiger charge is 2.23. The Balaban J connectivity index is 2.44. The summed E-state index contributed by atoms with van der Waals surface area (Å²) in [5.74, 6) is 0. The normalized spacial score (nSPS) is 13.6. The van der Waals surface area contributed by atoms with Crippen molar-refractivity contribution in [2.45, 2.75) is 104 Å². The van der Waals surface area contributed by atoms with Crippen LogP contribution in [0, 0.1) is 6.92 Å². The molecule has 1 unspecified atom stereocenters. The lowest BCUT2D eigenvalue weighted by Gasteiger charge is -2.19. The minimum absolute atomic E-state index is 0.595. The predicted octanol–water partition coefficient (Wildman–Crippen LogP) is 8.51. The Morgan fingerprint density at radius 3 is 1.85 bits per heavy atom. The molecule has 0 fully saturated rings. The van der Waals surface area contributed by atoms with E-state index < -0.39 is 7.37 Å². The fraction of sp³-hybridized carbons (Fsp3) is 0.750. The van der Waals surface area contributed by atoms with Gasteiger partial charge < -0.3 is 4.52 Å². The van der Waals surface area contributed by atoms with Crippen LogP contribution < -0.4 is 0 Å². The minimum atomic E-state index is -2.57. The van der Waals surface area contributed by atoms with Gasteiger partial charge in [-0.15, -0.1) is 0 Å². The van der Waals surface area contributed by atoms with Crippen molar-refractivity contribution in [2.75, 3.05) is 12.8 Å². The molecule has 3 heteroatoms. The van der Waals surface area contributed by atoms with Crippen LogP contribution in [-0.4, -0.2) is 12.8 Å². The number of hydrogen-bond acceptors (Lipinski definition) is 2. The summed E-state index contributed by atoms with van der Waals surface area (Å²) in [5.41, 5.74) is 2.40. The Labute approximate surface area is 168 Å². The van der Waals surface area contributed by atoms with Gasteiger partial charge >= 0.3 is 0 Å². The van der Waals surface area contributed by atoms with Gasteiger partial charge in [-0.1, -0.05) is 108 Å². The molecule has 2 nitrogen and oxygen atoms in total. The van der Waals surface area contributed by atoms with Crippen molar-refractivity contribution < 1.29 is 9.09 Å². The van der Waals surface area contributed by atoms with Gasteiger partial charge in [0.05, 0.1) is 6.61 Å². The van der Waals surface area contributed by atoms with Crippen LogP contribution in [0.4, 0.5) is 0 Å². The van der Waals surface area contributed by atoms with E-state index in [2.05, 4.69) is 45.0 Å². The molecule has 27 heavy (non-hydrogen) atoms. The van der Waals surface area contributed by atoms with Crippen LogP contribution in [0.25, 0.3) is 0 Å². The molecule has 156 valence electrons. The summed E-state index contributed by atoms with van der Waals surface area (Å²) in [6.45, 7) is 7.23. The van der Waals surface area contributed by atoms with Gasteiger partial charge in [-0.25, -0.2) is 0 Å². The largest absolute Gasteiger partial charge is 0.328 e. The highest BCUT2D eigenvalue weighted by molar-refractivity contribution is 7.58. The Bertz CT molecular complexity index is 510. The SMILES string of the molecule is CCCCCCCCOP(=O)(CCCCCCCC)Cc1ccc(C)cc1. The quantitative estimate of drug-likeness (QED) is 0.195. The molecule has 0 aliphatic rings. The molecule has 1 aromatic rings. The summed E-state index contributed by atoms with van der Waals surface area (Å²) >= 11 is 0. The summed E-state index contributed by atoms with van der Waals surface area (Å²) in [4.78, 5) is 0. The van der Waals surface area contributed by atoms with Gasteiger partial charge in [0.15, 0.2) is 0 Å². The highest BCUT2D eigenvalue weighted by Crippen LogP contribution is 2.51. The van der Waals surface area contributed by atoms with E-state index in [1.807, 2.05) is 0 Å². The Hall–Kier alpha value is -0.590. The standard InChI is InChI=1S/C24H43O2P/c1-4-6-8-10-12-14-20-26-27(25,21-15-13-11-9-7-5-2)22-24-18-16-23(3)17-19-24/h16-19H,4-15,20-22H2,1-3H3. The van der Waals surface area contributed by atoms with E-state index in [-0.39, 0.29) is 0 Å². The average Bonchev–Trinajstić information content (AvgIpc) is 2.66. The van der Waals surface area contributed by atoms with Gasteiger partial charge in [0.1, 0.15) is 0 Å². The molecule has 0 spiro atoms. The lowest BCUT2D eigenvalue weighted by molar-refractivity contribution is 0.299. The number of aryl methyl sites for hydroxylation is 1. The molecule has 0 bridgehead atoms. The van der Waals surface area contributed by atoms with Crippen LogP contribution in [0.1, 0.15) is 102 Å². The third-order valence-electron chi connectivity index (χ3n) is 5.22. The van der Waals surface area contributed by atoms with Gasteiger partial charge in [0, 0.05) is 12.3 Å². The number of unbranched alkanes of at least 4 members (excludes halogenated alkanes) is 10. The minimum Gasteiger partial charge on any atom is -0.328 e.